The Bertz CT molecular complexity index is 1150. The lowest BCUT2D eigenvalue weighted by atomic mass is 10.2. The molecule has 4 aromatic rings. The molecule has 1 aliphatic rings. The van der Waals surface area contributed by atoms with Gasteiger partial charge in [0.25, 0.3) is 5.56 Å². The predicted octanol–water partition coefficient (Wildman–Crippen LogP) is 2.07. The summed E-state index contributed by atoms with van der Waals surface area (Å²) in [5.41, 5.74) is 1.89. The Hall–Kier alpha value is -2.84. The molecule has 0 radical (unpaired) electrons. The van der Waals surface area contributed by atoms with E-state index in [-0.39, 0.29) is 5.56 Å². The quantitative estimate of drug-likeness (QED) is 0.546. The third-order valence-electron chi connectivity index (χ3n) is 4.89. The number of hydrogen-bond acceptors (Lipinski definition) is 6. The summed E-state index contributed by atoms with van der Waals surface area (Å²) in [5, 5.41) is 10.7. The van der Waals surface area contributed by atoms with Crippen molar-refractivity contribution in [3.05, 3.63) is 69.8 Å². The van der Waals surface area contributed by atoms with Crippen LogP contribution in [0.2, 0.25) is 0 Å². The summed E-state index contributed by atoms with van der Waals surface area (Å²) < 4.78 is 3.80. The van der Waals surface area contributed by atoms with E-state index in [2.05, 4.69) is 36.8 Å². The molecule has 1 aliphatic heterocycles. The van der Waals surface area contributed by atoms with Gasteiger partial charge in [-0.3, -0.25) is 14.1 Å². The fourth-order valence-corrected chi connectivity index (χ4v) is 4.26. The minimum absolute atomic E-state index is 0.0189. The third kappa shape index (κ3) is 3.07. The highest BCUT2D eigenvalue weighted by Gasteiger charge is 2.20. The summed E-state index contributed by atoms with van der Waals surface area (Å²) in [4.78, 5) is 19.9. The first-order valence-electron chi connectivity index (χ1n) is 8.93. The Kier molecular flexibility index (Phi) is 4.06. The molecule has 0 atom stereocenters. The Morgan fingerprint density at radius 1 is 1.07 bits per heavy atom. The van der Waals surface area contributed by atoms with E-state index in [1.54, 1.807) is 16.7 Å². The van der Waals surface area contributed by atoms with Gasteiger partial charge in [-0.25, -0.2) is 4.98 Å². The van der Waals surface area contributed by atoms with Crippen LogP contribution in [-0.2, 0) is 19.5 Å². The molecule has 0 aliphatic carbocycles. The number of hydrogen-bond donors (Lipinski definition) is 0. The lowest BCUT2D eigenvalue weighted by Crippen LogP contribution is -2.28. The van der Waals surface area contributed by atoms with E-state index < -0.39 is 0 Å². The van der Waals surface area contributed by atoms with Crippen LogP contribution in [0.5, 0.6) is 0 Å². The molecule has 0 unspecified atom stereocenters. The zero-order valence-corrected chi connectivity index (χ0v) is 15.5. The molecule has 1 aromatic carbocycles. The molecule has 27 heavy (non-hydrogen) atoms. The average Bonchev–Trinajstić information content (AvgIpc) is 3.27. The highest BCUT2D eigenvalue weighted by molar-refractivity contribution is 7.15. The predicted molar refractivity (Wildman–Crippen MR) is 104 cm³/mol. The van der Waals surface area contributed by atoms with Crippen molar-refractivity contribution in [3.8, 4) is 11.4 Å². The van der Waals surface area contributed by atoms with Gasteiger partial charge in [-0.15, -0.1) is 21.5 Å². The van der Waals surface area contributed by atoms with E-state index in [1.165, 1.54) is 11.3 Å². The maximum Gasteiger partial charge on any atom is 0.258 e. The van der Waals surface area contributed by atoms with Gasteiger partial charge in [-0.05, 0) is 0 Å². The summed E-state index contributed by atoms with van der Waals surface area (Å²) in [6.07, 6.45) is 2.60. The van der Waals surface area contributed by atoms with Crippen molar-refractivity contribution in [1.82, 2.24) is 29.0 Å². The van der Waals surface area contributed by atoms with E-state index in [9.17, 15) is 4.79 Å². The van der Waals surface area contributed by atoms with E-state index in [1.807, 2.05) is 23.6 Å². The summed E-state index contributed by atoms with van der Waals surface area (Å²) in [6.45, 7) is 3.24. The van der Waals surface area contributed by atoms with Crippen LogP contribution in [0, 0.1) is 0 Å². The fraction of sp³-hybridized carbons (Fsp3) is 0.263. The lowest BCUT2D eigenvalue weighted by Gasteiger charge is -2.19. The monoisotopic (exact) mass is 378 g/mol. The van der Waals surface area contributed by atoms with Gasteiger partial charge in [0.1, 0.15) is 5.82 Å². The van der Waals surface area contributed by atoms with Crippen LogP contribution in [-0.4, -0.2) is 42.1 Å². The zero-order valence-electron chi connectivity index (χ0n) is 14.7. The van der Waals surface area contributed by atoms with E-state index in [4.69, 9.17) is 0 Å². The SMILES string of the molecule is O=c1cc(CN2CCc3nnc(-c4ccccc4)n3CC2)nc2sccn12. The number of nitrogens with zero attached hydrogens (tertiary/aromatic N) is 6. The smallest absolute Gasteiger partial charge is 0.258 e. The second-order valence-corrected chi connectivity index (χ2v) is 7.50. The second-order valence-electron chi connectivity index (χ2n) is 6.62. The molecule has 0 fully saturated rings. The highest BCUT2D eigenvalue weighted by Crippen LogP contribution is 2.20. The zero-order chi connectivity index (χ0) is 18.2. The van der Waals surface area contributed by atoms with Gasteiger partial charge < -0.3 is 4.57 Å². The Morgan fingerprint density at radius 3 is 2.85 bits per heavy atom. The molecule has 4 heterocycles. The normalized spacial score (nSPS) is 15.0. The molecule has 5 rings (SSSR count). The highest BCUT2D eigenvalue weighted by atomic mass is 32.1. The first kappa shape index (κ1) is 16.3. The van der Waals surface area contributed by atoms with E-state index in [0.29, 0.717) is 6.54 Å². The number of benzene rings is 1. The first-order valence-corrected chi connectivity index (χ1v) is 9.81. The first-order chi connectivity index (χ1) is 13.3. The van der Waals surface area contributed by atoms with Crippen molar-refractivity contribution >= 4 is 16.3 Å². The Balaban J connectivity index is 1.37. The number of rotatable bonds is 3. The molecular formula is C19H18N6OS. The van der Waals surface area contributed by atoms with Crippen LogP contribution in [0.25, 0.3) is 16.3 Å². The van der Waals surface area contributed by atoms with Gasteiger partial charge in [-0.1, -0.05) is 30.3 Å². The summed E-state index contributed by atoms with van der Waals surface area (Å²) in [7, 11) is 0. The Labute approximate surface area is 159 Å². The minimum Gasteiger partial charge on any atom is -0.310 e. The molecule has 0 N–H and O–H groups in total. The number of fused-ring (bicyclic) bond motifs is 2. The fourth-order valence-electron chi connectivity index (χ4n) is 3.52. The van der Waals surface area contributed by atoms with Crippen molar-refractivity contribution in [2.45, 2.75) is 19.5 Å². The van der Waals surface area contributed by atoms with Crippen LogP contribution in [0.1, 0.15) is 11.5 Å². The van der Waals surface area contributed by atoms with Crippen LogP contribution < -0.4 is 5.56 Å². The molecule has 0 spiro atoms. The van der Waals surface area contributed by atoms with E-state index in [0.717, 1.165) is 53.9 Å². The minimum atomic E-state index is -0.0189. The molecule has 8 heteroatoms. The van der Waals surface area contributed by atoms with Crippen molar-refractivity contribution in [1.29, 1.82) is 0 Å². The van der Waals surface area contributed by atoms with Crippen LogP contribution in [0.3, 0.4) is 0 Å². The molecule has 3 aromatic heterocycles. The van der Waals surface area contributed by atoms with Crippen molar-refractivity contribution in [2.24, 2.45) is 0 Å². The van der Waals surface area contributed by atoms with Crippen LogP contribution >= 0.6 is 11.3 Å². The largest absolute Gasteiger partial charge is 0.310 e. The third-order valence-corrected chi connectivity index (χ3v) is 5.65. The van der Waals surface area contributed by atoms with Gasteiger partial charge in [0.15, 0.2) is 10.8 Å². The summed E-state index contributed by atoms with van der Waals surface area (Å²) in [6, 6.07) is 11.8. The maximum atomic E-state index is 12.2. The van der Waals surface area contributed by atoms with E-state index >= 15 is 0 Å². The van der Waals surface area contributed by atoms with Gasteiger partial charge in [0.2, 0.25) is 0 Å². The summed E-state index contributed by atoms with van der Waals surface area (Å²) in [5.74, 6) is 1.93. The van der Waals surface area contributed by atoms with Crippen LogP contribution in [0.4, 0.5) is 0 Å². The number of thiazole rings is 1. The van der Waals surface area contributed by atoms with Gasteiger partial charge in [-0.2, -0.15) is 0 Å². The standard InChI is InChI=1S/C19H18N6OS/c26-17-12-15(20-19-25(17)10-11-27-19)13-23-7-6-16-21-22-18(24(16)9-8-23)14-4-2-1-3-5-14/h1-5,10-12H,6-9,13H2. The molecule has 0 saturated carbocycles. The molecule has 0 saturated heterocycles. The van der Waals surface area contributed by atoms with Crippen LogP contribution in [0.15, 0.2) is 52.8 Å². The van der Waals surface area contributed by atoms with Gasteiger partial charge in [0.05, 0.1) is 5.69 Å². The van der Waals surface area contributed by atoms with Gasteiger partial charge >= 0.3 is 0 Å². The molecule has 7 nitrogen and oxygen atoms in total. The molecule has 0 amide bonds. The maximum absolute atomic E-state index is 12.2. The second kappa shape index (κ2) is 6.71. The topological polar surface area (TPSA) is 68.3 Å². The summed E-state index contributed by atoms with van der Waals surface area (Å²) >= 11 is 1.48. The lowest BCUT2D eigenvalue weighted by molar-refractivity contribution is 0.268. The van der Waals surface area contributed by atoms with Crippen molar-refractivity contribution < 1.29 is 0 Å². The molecule has 136 valence electrons. The molecule has 0 bridgehead atoms. The molecular weight excluding hydrogens is 360 g/mol. The average molecular weight is 378 g/mol. The van der Waals surface area contributed by atoms with Gasteiger partial charge in [0, 0.05) is 55.8 Å². The number of aromatic nitrogens is 5. The van der Waals surface area contributed by atoms with Crippen molar-refractivity contribution in [3.63, 3.8) is 0 Å². The Morgan fingerprint density at radius 2 is 1.96 bits per heavy atom. The van der Waals surface area contributed by atoms with Crippen molar-refractivity contribution in [2.75, 3.05) is 13.1 Å².